The number of amides is 1. The molecule has 1 aromatic heterocycles. The van der Waals surface area contributed by atoms with Crippen LogP contribution in [0.2, 0.25) is 0 Å². The molecule has 190 valence electrons. The molecule has 0 saturated carbocycles. The molecule has 3 rings (SSSR count). The minimum Gasteiger partial charge on any atom is -0.382 e. The summed E-state index contributed by atoms with van der Waals surface area (Å²) in [4.78, 5) is 32.3. The van der Waals surface area contributed by atoms with E-state index < -0.39 is 27.3 Å². The number of para-hydroxylation sites is 1. The minimum atomic E-state index is -4.22. The molecule has 1 amide bonds. The Labute approximate surface area is 205 Å². The van der Waals surface area contributed by atoms with Gasteiger partial charge in [0.15, 0.2) is 5.25 Å². The molecular formula is C23H32N6O5S. The predicted molar refractivity (Wildman–Crippen MR) is 133 cm³/mol. The summed E-state index contributed by atoms with van der Waals surface area (Å²) in [5.41, 5.74) is 5.65. The van der Waals surface area contributed by atoms with Gasteiger partial charge in [0.25, 0.3) is 5.91 Å². The van der Waals surface area contributed by atoms with Crippen molar-refractivity contribution in [1.82, 2.24) is 15.3 Å². The highest BCUT2D eigenvalue weighted by molar-refractivity contribution is 7.88. The molecule has 2 aromatic rings. The van der Waals surface area contributed by atoms with E-state index >= 15 is 0 Å². The SMILES string of the molecule is CC(C)C(C)Nc1nc(NC2CCNC([C@H](C=O)S(=O)(=O)Oc3ccccc3)C2)ncc1C(N)=O. The number of hydrogen-bond acceptors (Lipinski definition) is 10. The van der Waals surface area contributed by atoms with Crippen LogP contribution in [0, 0.1) is 5.92 Å². The van der Waals surface area contributed by atoms with Crippen LogP contribution in [-0.2, 0) is 14.9 Å². The molecule has 5 N–H and O–H groups in total. The first kappa shape index (κ1) is 26.4. The molecule has 0 aliphatic carbocycles. The molecule has 1 aliphatic rings. The smallest absolute Gasteiger partial charge is 0.320 e. The average Bonchev–Trinajstić information content (AvgIpc) is 2.80. The predicted octanol–water partition coefficient (Wildman–Crippen LogP) is 1.54. The first-order valence-corrected chi connectivity index (χ1v) is 12.9. The largest absolute Gasteiger partial charge is 0.382 e. The van der Waals surface area contributed by atoms with E-state index in [1.807, 2.05) is 20.8 Å². The highest BCUT2D eigenvalue weighted by atomic mass is 32.2. The van der Waals surface area contributed by atoms with Gasteiger partial charge in [-0.2, -0.15) is 13.4 Å². The molecule has 0 spiro atoms. The normalized spacial score (nSPS) is 20.0. The molecular weight excluding hydrogens is 472 g/mol. The highest BCUT2D eigenvalue weighted by Crippen LogP contribution is 2.23. The monoisotopic (exact) mass is 504 g/mol. The third-order valence-electron chi connectivity index (χ3n) is 6.01. The molecule has 1 aliphatic heterocycles. The van der Waals surface area contributed by atoms with Crippen LogP contribution in [0.5, 0.6) is 5.75 Å². The van der Waals surface area contributed by atoms with Crippen LogP contribution < -0.4 is 25.9 Å². The number of nitrogens with two attached hydrogens (primary N) is 1. The zero-order valence-electron chi connectivity index (χ0n) is 20.0. The Morgan fingerprint density at radius 1 is 1.26 bits per heavy atom. The summed E-state index contributed by atoms with van der Waals surface area (Å²) in [6.07, 6.45) is 2.71. The van der Waals surface area contributed by atoms with Crippen LogP contribution >= 0.6 is 0 Å². The van der Waals surface area contributed by atoms with Crippen molar-refractivity contribution in [2.45, 2.75) is 57.0 Å². The molecule has 1 fully saturated rings. The van der Waals surface area contributed by atoms with Gasteiger partial charge in [-0.1, -0.05) is 32.0 Å². The summed E-state index contributed by atoms with van der Waals surface area (Å²) >= 11 is 0. The van der Waals surface area contributed by atoms with E-state index in [2.05, 4.69) is 25.9 Å². The summed E-state index contributed by atoms with van der Waals surface area (Å²) in [7, 11) is -4.22. The van der Waals surface area contributed by atoms with E-state index in [1.165, 1.54) is 18.3 Å². The van der Waals surface area contributed by atoms with Crippen LogP contribution in [0.3, 0.4) is 0 Å². The molecule has 0 bridgehead atoms. The summed E-state index contributed by atoms with van der Waals surface area (Å²) in [5.74, 6) is 0.377. The van der Waals surface area contributed by atoms with Crippen LogP contribution in [0.4, 0.5) is 11.8 Å². The second-order valence-corrected chi connectivity index (χ2v) is 10.6. The van der Waals surface area contributed by atoms with Crippen molar-refractivity contribution in [2.75, 3.05) is 17.2 Å². The molecule has 1 aromatic carbocycles. The fourth-order valence-corrected chi connectivity index (χ4v) is 4.90. The van der Waals surface area contributed by atoms with Gasteiger partial charge < -0.3 is 30.7 Å². The fraction of sp³-hybridized carbons (Fsp3) is 0.478. The van der Waals surface area contributed by atoms with E-state index in [4.69, 9.17) is 9.92 Å². The number of primary amides is 1. The van der Waals surface area contributed by atoms with Crippen molar-refractivity contribution < 1.29 is 22.2 Å². The number of anilines is 2. The lowest BCUT2D eigenvalue weighted by atomic mass is 9.97. The Morgan fingerprint density at radius 2 is 1.97 bits per heavy atom. The van der Waals surface area contributed by atoms with Crippen molar-refractivity contribution in [3.8, 4) is 5.75 Å². The molecule has 11 nitrogen and oxygen atoms in total. The van der Waals surface area contributed by atoms with Gasteiger partial charge in [-0.15, -0.1) is 0 Å². The zero-order chi connectivity index (χ0) is 25.6. The van der Waals surface area contributed by atoms with Crippen molar-refractivity contribution in [2.24, 2.45) is 11.7 Å². The fourth-order valence-electron chi connectivity index (χ4n) is 3.67. The Bertz CT molecular complexity index is 1130. The number of nitrogens with one attached hydrogen (secondary N) is 3. The number of rotatable bonds is 11. The summed E-state index contributed by atoms with van der Waals surface area (Å²) in [6, 6.07) is 7.19. The quantitative estimate of drug-likeness (QED) is 0.260. The van der Waals surface area contributed by atoms with Gasteiger partial charge in [0.05, 0.1) is 5.56 Å². The summed E-state index contributed by atoms with van der Waals surface area (Å²) in [6.45, 7) is 6.52. The van der Waals surface area contributed by atoms with Crippen LogP contribution in [0.1, 0.15) is 44.0 Å². The topological polar surface area (TPSA) is 165 Å². The van der Waals surface area contributed by atoms with Crippen LogP contribution in [-0.4, -0.2) is 60.5 Å². The van der Waals surface area contributed by atoms with Crippen LogP contribution in [0.15, 0.2) is 36.5 Å². The van der Waals surface area contributed by atoms with Gasteiger partial charge >= 0.3 is 10.1 Å². The van der Waals surface area contributed by atoms with Gasteiger partial charge in [0, 0.05) is 24.3 Å². The van der Waals surface area contributed by atoms with Gasteiger partial charge in [0.2, 0.25) is 5.95 Å². The maximum Gasteiger partial charge on any atom is 0.320 e. The number of aldehydes is 1. The van der Waals surface area contributed by atoms with E-state index in [9.17, 15) is 18.0 Å². The minimum absolute atomic E-state index is 0.0299. The second kappa shape index (κ2) is 11.5. The molecule has 2 heterocycles. The lowest BCUT2D eigenvalue weighted by Crippen LogP contribution is -2.53. The third kappa shape index (κ3) is 6.89. The molecule has 1 saturated heterocycles. The Balaban J connectivity index is 1.74. The molecule has 35 heavy (non-hydrogen) atoms. The maximum atomic E-state index is 12.8. The maximum absolute atomic E-state index is 12.8. The van der Waals surface area contributed by atoms with Crippen molar-refractivity contribution >= 4 is 34.1 Å². The van der Waals surface area contributed by atoms with E-state index in [0.29, 0.717) is 31.5 Å². The highest BCUT2D eigenvalue weighted by Gasteiger charge is 2.38. The van der Waals surface area contributed by atoms with Gasteiger partial charge in [0.1, 0.15) is 17.9 Å². The van der Waals surface area contributed by atoms with Gasteiger partial charge in [-0.25, -0.2) is 4.98 Å². The molecule has 0 radical (unpaired) electrons. The van der Waals surface area contributed by atoms with E-state index in [0.717, 1.165) is 0 Å². The number of nitrogens with zero attached hydrogens (tertiary/aromatic N) is 2. The van der Waals surface area contributed by atoms with Gasteiger partial charge in [-0.3, -0.25) is 4.79 Å². The molecule has 3 unspecified atom stereocenters. The lowest BCUT2D eigenvalue weighted by Gasteiger charge is -2.33. The Morgan fingerprint density at radius 3 is 2.60 bits per heavy atom. The van der Waals surface area contributed by atoms with Crippen molar-refractivity contribution in [3.63, 3.8) is 0 Å². The molecule has 12 heteroatoms. The van der Waals surface area contributed by atoms with Crippen LogP contribution in [0.25, 0.3) is 0 Å². The summed E-state index contributed by atoms with van der Waals surface area (Å²) in [5, 5.41) is 8.11. The number of piperidine rings is 1. The third-order valence-corrected chi connectivity index (χ3v) is 7.54. The first-order valence-electron chi connectivity index (χ1n) is 11.5. The number of carbonyl (C=O) groups excluding carboxylic acids is 2. The van der Waals surface area contributed by atoms with Gasteiger partial charge in [-0.05, 0) is 44.4 Å². The first-order chi connectivity index (χ1) is 16.6. The molecule has 4 atom stereocenters. The average molecular weight is 505 g/mol. The zero-order valence-corrected chi connectivity index (χ0v) is 20.8. The van der Waals surface area contributed by atoms with E-state index in [-0.39, 0.29) is 35.3 Å². The Hall–Kier alpha value is -3.25. The number of hydrogen-bond donors (Lipinski definition) is 4. The van der Waals surface area contributed by atoms with Crippen molar-refractivity contribution in [1.29, 1.82) is 0 Å². The number of carbonyl (C=O) groups is 2. The Kier molecular flexibility index (Phi) is 8.62. The van der Waals surface area contributed by atoms with E-state index in [1.54, 1.807) is 18.2 Å². The lowest BCUT2D eigenvalue weighted by molar-refractivity contribution is -0.108. The number of aromatic nitrogens is 2. The standard InChI is InChI=1S/C23H32N6O5S/c1-14(2)15(3)27-22-18(21(24)31)12-26-23(29-22)28-16-9-10-25-19(11-16)20(13-30)35(32,33)34-17-7-5-4-6-8-17/h4-8,12-16,19-20,25H,9-11H2,1-3H3,(H2,24,31)(H2,26,27,28,29)/t15?,16?,19?,20-/m0/s1. The summed E-state index contributed by atoms with van der Waals surface area (Å²) < 4.78 is 30.8. The number of benzene rings is 1. The second-order valence-electron chi connectivity index (χ2n) is 8.91. The van der Waals surface area contributed by atoms with Crippen molar-refractivity contribution in [3.05, 3.63) is 42.1 Å².